The third-order valence-electron chi connectivity index (χ3n) is 5.24. The largest absolute Gasteiger partial charge is 0.360 e. The smallest absolute Gasteiger partial charge is 0.127 e. The minimum Gasteiger partial charge on any atom is -0.360 e. The van der Waals surface area contributed by atoms with Gasteiger partial charge in [0, 0.05) is 36.0 Å². The Morgan fingerprint density at radius 2 is 1.92 bits per heavy atom. The molecule has 25 heavy (non-hydrogen) atoms. The van der Waals surface area contributed by atoms with Crippen molar-refractivity contribution in [2.24, 2.45) is 0 Å². The summed E-state index contributed by atoms with van der Waals surface area (Å²) in [7, 11) is 4.20. The molecule has 2 heterocycles. The maximum absolute atomic E-state index is 3.70. The second-order valence-corrected chi connectivity index (χ2v) is 8.10. The van der Waals surface area contributed by atoms with Crippen LogP contribution in [-0.2, 0) is 12.0 Å². The average molecular weight is 341 g/mol. The van der Waals surface area contributed by atoms with E-state index in [1.54, 1.807) is 0 Å². The van der Waals surface area contributed by atoms with Gasteiger partial charge in [-0.2, -0.15) is 0 Å². The molecule has 1 aliphatic heterocycles. The fourth-order valence-corrected chi connectivity index (χ4v) is 3.84. The Bertz CT molecular complexity index is 739. The number of nitrogens with zero attached hydrogens (tertiary/aromatic N) is 2. The van der Waals surface area contributed by atoms with Crippen molar-refractivity contribution in [1.82, 2.24) is 9.88 Å². The van der Waals surface area contributed by atoms with Gasteiger partial charge in [0.1, 0.15) is 6.17 Å². The summed E-state index contributed by atoms with van der Waals surface area (Å²) in [4.78, 5) is 2.35. The number of aromatic nitrogens is 1. The molecular formula is C21H32N4. The number of hydrogen-bond acceptors (Lipinski definition) is 3. The van der Waals surface area contributed by atoms with Gasteiger partial charge in [0.25, 0.3) is 0 Å². The molecule has 0 spiro atoms. The van der Waals surface area contributed by atoms with Gasteiger partial charge in [-0.25, -0.2) is 0 Å². The Balaban J connectivity index is 1.98. The normalized spacial score (nSPS) is 16.9. The Hall–Kier alpha value is -1.94. The number of benzene rings is 1. The Kier molecular flexibility index (Phi) is 4.83. The van der Waals surface area contributed by atoms with Gasteiger partial charge >= 0.3 is 0 Å². The molecule has 1 unspecified atom stereocenters. The standard InChI is InChI=1S/C21H32N4/c1-15-16(20-23-17-10-7-8-11-18(17)24(20)6)14-19(21(2,3)4)25(15)13-9-12-22-5/h7-8,10-11,14,20,22-23H,9,12-13H2,1-6H3. The van der Waals surface area contributed by atoms with E-state index in [-0.39, 0.29) is 11.6 Å². The van der Waals surface area contributed by atoms with Crippen molar-refractivity contribution < 1.29 is 0 Å². The van der Waals surface area contributed by atoms with E-state index >= 15 is 0 Å². The van der Waals surface area contributed by atoms with Crippen molar-refractivity contribution in [1.29, 1.82) is 0 Å². The quantitative estimate of drug-likeness (QED) is 0.798. The fourth-order valence-electron chi connectivity index (χ4n) is 3.84. The molecule has 1 aromatic carbocycles. The monoisotopic (exact) mass is 340 g/mol. The van der Waals surface area contributed by atoms with Crippen LogP contribution >= 0.6 is 0 Å². The first-order valence-electron chi connectivity index (χ1n) is 9.28. The summed E-state index contributed by atoms with van der Waals surface area (Å²) in [6, 6.07) is 11.0. The predicted molar refractivity (Wildman–Crippen MR) is 108 cm³/mol. The molecule has 0 saturated carbocycles. The maximum Gasteiger partial charge on any atom is 0.127 e. The SMILES string of the molecule is CNCCCn1c(C(C)(C)C)cc(C2Nc3ccccc3N2C)c1C. The molecule has 4 nitrogen and oxygen atoms in total. The van der Waals surface area contributed by atoms with Crippen LogP contribution in [0.4, 0.5) is 11.4 Å². The highest BCUT2D eigenvalue weighted by Gasteiger charge is 2.31. The molecule has 0 aliphatic carbocycles. The summed E-state index contributed by atoms with van der Waals surface area (Å²) < 4.78 is 2.52. The first kappa shape index (κ1) is 17.9. The van der Waals surface area contributed by atoms with Crippen molar-refractivity contribution in [3.63, 3.8) is 0 Å². The van der Waals surface area contributed by atoms with Crippen molar-refractivity contribution in [3.05, 3.63) is 47.3 Å². The molecule has 1 aliphatic rings. The number of para-hydroxylation sites is 2. The minimum atomic E-state index is 0.132. The molecule has 0 saturated heterocycles. The fraction of sp³-hybridized carbons (Fsp3) is 0.524. The minimum absolute atomic E-state index is 0.132. The molecule has 0 radical (unpaired) electrons. The molecule has 0 amide bonds. The van der Waals surface area contributed by atoms with Crippen molar-refractivity contribution in [3.8, 4) is 0 Å². The molecule has 2 N–H and O–H groups in total. The molecule has 1 atom stereocenters. The van der Waals surface area contributed by atoms with Crippen LogP contribution in [0.15, 0.2) is 30.3 Å². The number of fused-ring (bicyclic) bond motifs is 1. The summed E-state index contributed by atoms with van der Waals surface area (Å²) in [6.45, 7) is 11.3. The van der Waals surface area contributed by atoms with E-state index in [1.165, 1.54) is 28.3 Å². The molecule has 1 aromatic heterocycles. The van der Waals surface area contributed by atoms with Crippen LogP contribution in [0, 0.1) is 6.92 Å². The summed E-state index contributed by atoms with van der Waals surface area (Å²) >= 11 is 0. The zero-order valence-corrected chi connectivity index (χ0v) is 16.5. The number of nitrogens with one attached hydrogen (secondary N) is 2. The second kappa shape index (κ2) is 6.75. The summed E-state index contributed by atoms with van der Waals surface area (Å²) in [5.74, 6) is 0. The molecular weight excluding hydrogens is 308 g/mol. The van der Waals surface area contributed by atoms with Crippen LogP contribution in [-0.4, -0.2) is 25.2 Å². The van der Waals surface area contributed by atoms with Crippen LogP contribution in [0.1, 0.15) is 50.3 Å². The highest BCUT2D eigenvalue weighted by Crippen LogP contribution is 2.42. The highest BCUT2D eigenvalue weighted by atomic mass is 15.3. The predicted octanol–water partition coefficient (Wildman–Crippen LogP) is 4.26. The van der Waals surface area contributed by atoms with Gasteiger partial charge in [-0.05, 0) is 45.1 Å². The molecule has 2 aromatic rings. The van der Waals surface area contributed by atoms with E-state index in [0.717, 1.165) is 19.5 Å². The summed E-state index contributed by atoms with van der Waals surface area (Å²) in [5.41, 5.74) is 6.79. The third kappa shape index (κ3) is 3.28. The lowest BCUT2D eigenvalue weighted by Crippen LogP contribution is -2.24. The van der Waals surface area contributed by atoms with Gasteiger partial charge in [0.15, 0.2) is 0 Å². The van der Waals surface area contributed by atoms with E-state index < -0.39 is 0 Å². The van der Waals surface area contributed by atoms with Gasteiger partial charge in [0.05, 0.1) is 11.4 Å². The van der Waals surface area contributed by atoms with Gasteiger partial charge < -0.3 is 20.1 Å². The third-order valence-corrected chi connectivity index (χ3v) is 5.24. The zero-order valence-electron chi connectivity index (χ0n) is 16.5. The van der Waals surface area contributed by atoms with Crippen LogP contribution in [0.25, 0.3) is 0 Å². The van der Waals surface area contributed by atoms with E-state index in [0.29, 0.717) is 0 Å². The number of hydrogen-bond donors (Lipinski definition) is 2. The lowest BCUT2D eigenvalue weighted by Gasteiger charge is -2.23. The van der Waals surface area contributed by atoms with Crippen molar-refractivity contribution in [2.75, 3.05) is 30.9 Å². The maximum atomic E-state index is 3.70. The molecule has 4 heteroatoms. The van der Waals surface area contributed by atoms with E-state index in [9.17, 15) is 0 Å². The van der Waals surface area contributed by atoms with Crippen molar-refractivity contribution in [2.45, 2.75) is 52.2 Å². The number of rotatable bonds is 5. The van der Waals surface area contributed by atoms with Crippen LogP contribution in [0.2, 0.25) is 0 Å². The second-order valence-electron chi connectivity index (χ2n) is 8.10. The molecule has 136 valence electrons. The van der Waals surface area contributed by atoms with E-state index in [2.05, 4.69) is 85.2 Å². The van der Waals surface area contributed by atoms with Gasteiger partial charge in [0.2, 0.25) is 0 Å². The summed E-state index contributed by atoms with van der Waals surface area (Å²) in [5, 5.41) is 6.96. The lowest BCUT2D eigenvalue weighted by molar-refractivity contribution is 0.497. The van der Waals surface area contributed by atoms with Gasteiger partial charge in [-0.3, -0.25) is 0 Å². The summed E-state index contributed by atoms with van der Waals surface area (Å²) in [6.07, 6.45) is 1.34. The van der Waals surface area contributed by atoms with Gasteiger partial charge in [-0.1, -0.05) is 32.9 Å². The Labute approximate surface area is 152 Å². The van der Waals surface area contributed by atoms with Crippen molar-refractivity contribution >= 4 is 11.4 Å². The Morgan fingerprint density at radius 1 is 1.20 bits per heavy atom. The molecule has 0 bridgehead atoms. The van der Waals surface area contributed by atoms with Crippen LogP contribution < -0.4 is 15.5 Å². The lowest BCUT2D eigenvalue weighted by atomic mass is 9.91. The number of anilines is 2. The topological polar surface area (TPSA) is 32.2 Å². The molecule has 0 fully saturated rings. The Morgan fingerprint density at radius 3 is 2.56 bits per heavy atom. The highest BCUT2D eigenvalue weighted by molar-refractivity contribution is 5.76. The average Bonchev–Trinajstić information content (AvgIpc) is 3.06. The first-order valence-corrected chi connectivity index (χ1v) is 9.28. The zero-order chi connectivity index (χ0) is 18.2. The van der Waals surface area contributed by atoms with E-state index in [4.69, 9.17) is 0 Å². The van der Waals surface area contributed by atoms with Crippen LogP contribution in [0.5, 0.6) is 0 Å². The molecule has 3 rings (SSSR count). The van der Waals surface area contributed by atoms with E-state index in [1.807, 2.05) is 7.05 Å². The first-order chi connectivity index (χ1) is 11.8. The van der Waals surface area contributed by atoms with Gasteiger partial charge in [-0.15, -0.1) is 0 Å². The van der Waals surface area contributed by atoms with Crippen LogP contribution in [0.3, 0.4) is 0 Å².